The predicted molar refractivity (Wildman–Crippen MR) is 85.3 cm³/mol. The molecule has 4 heteroatoms. The molecule has 3 rings (SSSR count). The van der Waals surface area contributed by atoms with Crippen molar-refractivity contribution in [3.63, 3.8) is 0 Å². The molecule has 0 bridgehead atoms. The predicted octanol–water partition coefficient (Wildman–Crippen LogP) is 2.78. The molecule has 2 heterocycles. The summed E-state index contributed by atoms with van der Waals surface area (Å²) in [6.07, 6.45) is 2.95. The maximum absolute atomic E-state index is 4.41. The molecule has 2 aromatic rings. The minimum absolute atomic E-state index is 0.442. The summed E-state index contributed by atoms with van der Waals surface area (Å²) in [6, 6.07) is 11.2. The summed E-state index contributed by atoms with van der Waals surface area (Å²) in [5.74, 6) is 0.747. The molecule has 1 aromatic heterocycles. The molecule has 0 spiro atoms. The molecule has 1 aromatic carbocycles. The first-order valence-electron chi connectivity index (χ1n) is 7.53. The Morgan fingerprint density at radius 1 is 1.19 bits per heavy atom. The topological polar surface area (TPSA) is 41.0 Å². The Kier molecular flexibility index (Phi) is 4.15. The lowest BCUT2D eigenvalue weighted by Gasteiger charge is -2.17. The first-order chi connectivity index (χ1) is 10.2. The number of aryl methyl sites for hydroxylation is 2. The highest BCUT2D eigenvalue weighted by Gasteiger charge is 2.22. The van der Waals surface area contributed by atoms with Crippen LogP contribution >= 0.6 is 0 Å². The van der Waals surface area contributed by atoms with Crippen molar-refractivity contribution in [1.29, 1.82) is 0 Å². The average molecular weight is 282 g/mol. The number of nitrogens with zero attached hydrogens (tertiary/aromatic N) is 3. The van der Waals surface area contributed by atoms with E-state index in [4.69, 9.17) is 0 Å². The zero-order chi connectivity index (χ0) is 14.7. The van der Waals surface area contributed by atoms with Crippen molar-refractivity contribution >= 4 is 5.95 Å². The lowest BCUT2D eigenvalue weighted by Crippen LogP contribution is -2.26. The van der Waals surface area contributed by atoms with Crippen LogP contribution in [-0.2, 0) is 6.54 Å². The number of anilines is 1. The number of rotatable bonds is 4. The van der Waals surface area contributed by atoms with Gasteiger partial charge in [0, 0.05) is 37.6 Å². The highest BCUT2D eigenvalue weighted by atomic mass is 15.2. The van der Waals surface area contributed by atoms with Crippen molar-refractivity contribution in [3.05, 3.63) is 53.3 Å². The Balaban J connectivity index is 1.54. The molecule has 1 aliphatic heterocycles. The van der Waals surface area contributed by atoms with Crippen molar-refractivity contribution < 1.29 is 0 Å². The molecule has 1 saturated heterocycles. The number of benzene rings is 1. The van der Waals surface area contributed by atoms with Gasteiger partial charge in [0.1, 0.15) is 0 Å². The Morgan fingerprint density at radius 2 is 2.00 bits per heavy atom. The fourth-order valence-electron chi connectivity index (χ4n) is 2.75. The molecule has 0 aliphatic carbocycles. The van der Waals surface area contributed by atoms with Gasteiger partial charge in [0.25, 0.3) is 0 Å². The van der Waals surface area contributed by atoms with Crippen LogP contribution in [0.1, 0.15) is 23.2 Å². The van der Waals surface area contributed by atoms with Crippen LogP contribution in [0.4, 0.5) is 5.95 Å². The summed E-state index contributed by atoms with van der Waals surface area (Å²) < 4.78 is 0. The van der Waals surface area contributed by atoms with Gasteiger partial charge in [0.15, 0.2) is 0 Å². The summed E-state index contributed by atoms with van der Waals surface area (Å²) in [6.45, 7) is 7.31. The quantitative estimate of drug-likeness (QED) is 0.936. The normalized spacial score (nSPS) is 18.9. The van der Waals surface area contributed by atoms with E-state index in [0.717, 1.165) is 37.7 Å². The van der Waals surface area contributed by atoms with E-state index in [0.29, 0.717) is 6.04 Å². The highest BCUT2D eigenvalue weighted by molar-refractivity contribution is 5.27. The Labute approximate surface area is 126 Å². The van der Waals surface area contributed by atoms with Crippen molar-refractivity contribution in [2.75, 3.05) is 18.4 Å². The molecule has 1 aliphatic rings. The van der Waals surface area contributed by atoms with Gasteiger partial charge in [-0.05, 0) is 31.9 Å². The second kappa shape index (κ2) is 6.22. The second-order valence-corrected chi connectivity index (χ2v) is 5.87. The number of aromatic nitrogens is 2. The SMILES string of the molecule is Cc1ccc(CN2CCC(Nc3nccc(C)n3)C2)cc1. The monoisotopic (exact) mass is 282 g/mol. The zero-order valence-corrected chi connectivity index (χ0v) is 12.7. The van der Waals surface area contributed by atoms with Crippen LogP contribution in [0.15, 0.2) is 36.5 Å². The second-order valence-electron chi connectivity index (χ2n) is 5.87. The Bertz CT molecular complexity index is 594. The third-order valence-corrected chi connectivity index (χ3v) is 3.93. The van der Waals surface area contributed by atoms with E-state index in [1.807, 2.05) is 19.2 Å². The van der Waals surface area contributed by atoms with Crippen molar-refractivity contribution in [1.82, 2.24) is 14.9 Å². The molecule has 21 heavy (non-hydrogen) atoms. The molecule has 0 amide bonds. The first-order valence-corrected chi connectivity index (χ1v) is 7.53. The van der Waals surface area contributed by atoms with Crippen LogP contribution in [0.25, 0.3) is 0 Å². The molecule has 1 fully saturated rings. The van der Waals surface area contributed by atoms with Crippen LogP contribution < -0.4 is 5.32 Å². The van der Waals surface area contributed by atoms with Gasteiger partial charge in [0.05, 0.1) is 0 Å². The van der Waals surface area contributed by atoms with Crippen LogP contribution in [0.2, 0.25) is 0 Å². The molecule has 110 valence electrons. The first kappa shape index (κ1) is 14.0. The summed E-state index contributed by atoms with van der Waals surface area (Å²) >= 11 is 0. The summed E-state index contributed by atoms with van der Waals surface area (Å²) in [7, 11) is 0. The Morgan fingerprint density at radius 3 is 2.76 bits per heavy atom. The fraction of sp³-hybridized carbons (Fsp3) is 0.412. The number of likely N-dealkylation sites (tertiary alicyclic amines) is 1. The third-order valence-electron chi connectivity index (χ3n) is 3.93. The maximum Gasteiger partial charge on any atom is 0.223 e. The van der Waals surface area contributed by atoms with Crippen LogP contribution in [-0.4, -0.2) is 34.0 Å². The van der Waals surface area contributed by atoms with Crippen molar-refractivity contribution in [3.8, 4) is 0 Å². The van der Waals surface area contributed by atoms with Crippen molar-refractivity contribution in [2.45, 2.75) is 32.9 Å². The highest BCUT2D eigenvalue weighted by Crippen LogP contribution is 2.16. The standard InChI is InChI=1S/C17H22N4/c1-13-3-5-15(6-4-13)11-21-10-8-16(12-21)20-17-18-9-7-14(2)19-17/h3-7,9,16H,8,10-12H2,1-2H3,(H,18,19,20). The van der Waals surface area contributed by atoms with E-state index in [1.165, 1.54) is 11.1 Å². The van der Waals surface area contributed by atoms with Crippen LogP contribution in [0.5, 0.6) is 0 Å². The van der Waals surface area contributed by atoms with Gasteiger partial charge in [-0.3, -0.25) is 4.90 Å². The third kappa shape index (κ3) is 3.79. The molecule has 1 atom stereocenters. The number of nitrogens with one attached hydrogen (secondary N) is 1. The van der Waals surface area contributed by atoms with E-state index < -0.39 is 0 Å². The summed E-state index contributed by atoms with van der Waals surface area (Å²) in [4.78, 5) is 11.2. The fourth-order valence-corrected chi connectivity index (χ4v) is 2.75. The van der Waals surface area contributed by atoms with E-state index >= 15 is 0 Å². The van der Waals surface area contributed by atoms with E-state index in [1.54, 1.807) is 0 Å². The van der Waals surface area contributed by atoms with E-state index in [2.05, 4.69) is 51.4 Å². The van der Waals surface area contributed by atoms with Gasteiger partial charge >= 0.3 is 0 Å². The van der Waals surface area contributed by atoms with Crippen LogP contribution in [0, 0.1) is 13.8 Å². The average Bonchev–Trinajstić information content (AvgIpc) is 2.89. The molecule has 1 unspecified atom stereocenters. The minimum Gasteiger partial charge on any atom is -0.350 e. The minimum atomic E-state index is 0.442. The van der Waals surface area contributed by atoms with Crippen LogP contribution in [0.3, 0.4) is 0 Å². The van der Waals surface area contributed by atoms with Gasteiger partial charge in [-0.15, -0.1) is 0 Å². The molecular formula is C17H22N4. The molecule has 0 radical (unpaired) electrons. The summed E-state index contributed by atoms with van der Waals surface area (Å²) in [5, 5.41) is 3.44. The van der Waals surface area contributed by atoms with Crippen molar-refractivity contribution in [2.24, 2.45) is 0 Å². The lowest BCUT2D eigenvalue weighted by atomic mass is 10.1. The smallest absolute Gasteiger partial charge is 0.223 e. The molecule has 0 saturated carbocycles. The molecular weight excluding hydrogens is 260 g/mol. The number of hydrogen-bond donors (Lipinski definition) is 1. The Hall–Kier alpha value is -1.94. The molecule has 1 N–H and O–H groups in total. The van der Waals surface area contributed by atoms with E-state index in [9.17, 15) is 0 Å². The van der Waals surface area contributed by atoms with Gasteiger partial charge in [0.2, 0.25) is 5.95 Å². The largest absolute Gasteiger partial charge is 0.350 e. The van der Waals surface area contributed by atoms with Gasteiger partial charge in [-0.2, -0.15) is 0 Å². The maximum atomic E-state index is 4.41. The zero-order valence-electron chi connectivity index (χ0n) is 12.7. The van der Waals surface area contributed by atoms with Gasteiger partial charge in [-0.25, -0.2) is 9.97 Å². The van der Waals surface area contributed by atoms with Gasteiger partial charge < -0.3 is 5.32 Å². The van der Waals surface area contributed by atoms with Gasteiger partial charge in [-0.1, -0.05) is 29.8 Å². The summed E-state index contributed by atoms with van der Waals surface area (Å²) in [5.41, 5.74) is 3.70. The van der Waals surface area contributed by atoms with E-state index in [-0.39, 0.29) is 0 Å². The lowest BCUT2D eigenvalue weighted by molar-refractivity contribution is 0.328. The number of hydrogen-bond acceptors (Lipinski definition) is 4. The molecule has 4 nitrogen and oxygen atoms in total.